The molecule has 0 saturated heterocycles. The van der Waals surface area contributed by atoms with Crippen molar-refractivity contribution in [3.05, 3.63) is 70.6 Å². The van der Waals surface area contributed by atoms with Gasteiger partial charge in [-0.15, -0.1) is 0 Å². The van der Waals surface area contributed by atoms with Crippen LogP contribution in [0.3, 0.4) is 0 Å². The summed E-state index contributed by atoms with van der Waals surface area (Å²) in [5, 5.41) is 1.78. The Morgan fingerprint density at radius 2 is 1.96 bits per heavy atom. The fraction of sp³-hybridized carbons (Fsp3) is 0.250. The predicted octanol–water partition coefficient (Wildman–Crippen LogP) is 6.37. The van der Waals surface area contributed by atoms with Crippen molar-refractivity contribution >= 4 is 27.6 Å². The zero-order valence-electron chi connectivity index (χ0n) is 20.1. The SMILES string of the molecule is [2H]c1c([2H])c(-c2c(C)ccc3c2oc2cc([N+]#[C-])cc(C)c23)[n+](C)c([2H])c1C([2H])(C)C. The highest BCUT2D eigenvalue weighted by Gasteiger charge is 2.22. The Hall–Kier alpha value is -3.12. The van der Waals surface area contributed by atoms with Crippen LogP contribution >= 0.6 is 0 Å². The number of nitrogens with zero attached hydrogens (tertiary/aromatic N) is 2. The lowest BCUT2D eigenvalue weighted by Gasteiger charge is -2.08. The molecule has 0 N–H and O–H groups in total. The lowest BCUT2D eigenvalue weighted by molar-refractivity contribution is -0.660. The molecule has 0 radical (unpaired) electrons. The van der Waals surface area contributed by atoms with Crippen LogP contribution in [0.5, 0.6) is 0 Å². The molecule has 0 amide bonds. The van der Waals surface area contributed by atoms with Gasteiger partial charge in [0.05, 0.1) is 14.9 Å². The van der Waals surface area contributed by atoms with Crippen LogP contribution in [0.25, 0.3) is 38.0 Å². The van der Waals surface area contributed by atoms with Gasteiger partial charge in [-0.3, -0.25) is 0 Å². The van der Waals surface area contributed by atoms with E-state index >= 15 is 0 Å². The molecule has 27 heavy (non-hydrogen) atoms. The second kappa shape index (κ2) is 6.25. The molecule has 0 spiro atoms. The summed E-state index contributed by atoms with van der Waals surface area (Å²) in [6, 6.07) is 7.31. The van der Waals surface area contributed by atoms with Crippen LogP contribution in [-0.4, -0.2) is 0 Å². The van der Waals surface area contributed by atoms with Crippen molar-refractivity contribution in [2.24, 2.45) is 7.05 Å². The maximum Gasteiger partial charge on any atom is 0.216 e. The number of furan rings is 1. The Labute approximate surface area is 165 Å². The molecule has 0 bridgehead atoms. The standard InChI is InChI=1S/C24H23N2O/c1-14(2)17-8-10-20(26(6)13-17)23-15(3)7-9-19-22-16(4)11-18(25-5)12-21(22)27-24(19)23/h7-14H,1-4,6H3/q+1/i8D,10D,13D,14D. The van der Waals surface area contributed by atoms with Crippen LogP contribution in [0.1, 0.15) is 41.9 Å². The maximum absolute atomic E-state index is 8.75. The smallest absolute Gasteiger partial charge is 0.216 e. The molecule has 4 aromatic rings. The summed E-state index contributed by atoms with van der Waals surface area (Å²) in [6.45, 7) is 14.4. The number of aromatic nitrogens is 1. The largest absolute Gasteiger partial charge is 0.456 e. The second-order valence-corrected chi connectivity index (χ2v) is 7.13. The number of aryl methyl sites for hydroxylation is 2. The Morgan fingerprint density at radius 3 is 2.67 bits per heavy atom. The molecule has 0 aliphatic rings. The average molecular weight is 359 g/mol. The number of fused-ring (bicyclic) bond motifs is 3. The monoisotopic (exact) mass is 359 g/mol. The molecule has 0 unspecified atom stereocenters. The van der Waals surface area contributed by atoms with Gasteiger partial charge < -0.3 is 4.42 Å². The van der Waals surface area contributed by atoms with Crippen molar-refractivity contribution in [1.82, 2.24) is 0 Å². The van der Waals surface area contributed by atoms with Gasteiger partial charge >= 0.3 is 0 Å². The summed E-state index contributed by atoms with van der Waals surface area (Å²) in [5.74, 6) is -1.17. The average Bonchev–Trinajstić information content (AvgIpc) is 3.06. The van der Waals surface area contributed by atoms with Crippen molar-refractivity contribution in [2.45, 2.75) is 33.6 Å². The zero-order chi connectivity index (χ0) is 22.8. The molecule has 0 fully saturated rings. The molecular weight excluding hydrogens is 332 g/mol. The third kappa shape index (κ3) is 2.69. The summed E-state index contributed by atoms with van der Waals surface area (Å²) in [6.07, 6.45) is 0.0370. The number of benzene rings is 2. The van der Waals surface area contributed by atoms with Crippen LogP contribution < -0.4 is 4.57 Å². The minimum Gasteiger partial charge on any atom is -0.456 e. The van der Waals surface area contributed by atoms with E-state index in [0.29, 0.717) is 28.1 Å². The minimum atomic E-state index is -1.17. The summed E-state index contributed by atoms with van der Waals surface area (Å²) in [7, 11) is 1.69. The molecule has 0 saturated carbocycles. The number of hydrogen-bond donors (Lipinski definition) is 0. The van der Waals surface area contributed by atoms with Crippen molar-refractivity contribution in [2.75, 3.05) is 0 Å². The first-order chi connectivity index (χ1) is 14.5. The molecule has 0 aliphatic heterocycles. The zero-order valence-corrected chi connectivity index (χ0v) is 16.1. The molecule has 134 valence electrons. The van der Waals surface area contributed by atoms with Gasteiger partial charge in [0, 0.05) is 23.7 Å². The Bertz CT molecular complexity index is 1410. The molecule has 4 rings (SSSR count). The van der Waals surface area contributed by atoms with Crippen LogP contribution in [0.4, 0.5) is 5.69 Å². The van der Waals surface area contributed by atoms with Crippen molar-refractivity contribution in [3.63, 3.8) is 0 Å². The van der Waals surface area contributed by atoms with E-state index in [1.54, 1.807) is 31.5 Å². The Balaban J connectivity index is 2.17. The second-order valence-electron chi connectivity index (χ2n) is 7.13. The van der Waals surface area contributed by atoms with Crippen LogP contribution in [0.15, 0.2) is 46.9 Å². The van der Waals surface area contributed by atoms with Gasteiger partial charge in [-0.05, 0) is 43.0 Å². The van der Waals surface area contributed by atoms with Gasteiger partial charge in [0.25, 0.3) is 0 Å². The highest BCUT2D eigenvalue weighted by Crippen LogP contribution is 2.39. The lowest BCUT2D eigenvalue weighted by atomic mass is 9.98. The molecule has 0 atom stereocenters. The van der Waals surface area contributed by atoms with Gasteiger partial charge in [0.2, 0.25) is 5.69 Å². The van der Waals surface area contributed by atoms with Crippen LogP contribution in [0, 0.1) is 20.4 Å². The van der Waals surface area contributed by atoms with Gasteiger partial charge in [-0.2, -0.15) is 0 Å². The van der Waals surface area contributed by atoms with E-state index in [-0.39, 0.29) is 23.8 Å². The molecule has 2 aromatic carbocycles. The maximum atomic E-state index is 8.75. The predicted molar refractivity (Wildman–Crippen MR) is 110 cm³/mol. The van der Waals surface area contributed by atoms with E-state index in [4.69, 9.17) is 16.5 Å². The molecule has 2 aromatic heterocycles. The summed E-state index contributed by atoms with van der Waals surface area (Å²) < 4.78 is 42.1. The third-order valence-corrected chi connectivity index (χ3v) is 4.92. The van der Waals surface area contributed by atoms with E-state index < -0.39 is 5.89 Å². The van der Waals surface area contributed by atoms with E-state index in [1.807, 2.05) is 32.0 Å². The number of hydrogen-bond acceptors (Lipinski definition) is 1. The Morgan fingerprint density at radius 1 is 1.19 bits per heavy atom. The number of rotatable bonds is 2. The normalized spacial score (nSPS) is 13.9. The first-order valence-electron chi connectivity index (χ1n) is 10.8. The summed E-state index contributed by atoms with van der Waals surface area (Å²) >= 11 is 0. The van der Waals surface area contributed by atoms with Crippen LogP contribution in [0.2, 0.25) is 0 Å². The molecule has 0 aliphatic carbocycles. The van der Waals surface area contributed by atoms with Gasteiger partial charge in [0.1, 0.15) is 19.6 Å². The third-order valence-electron chi connectivity index (χ3n) is 4.92. The van der Waals surface area contributed by atoms with Crippen molar-refractivity contribution in [1.29, 1.82) is 0 Å². The van der Waals surface area contributed by atoms with Gasteiger partial charge in [0.15, 0.2) is 11.9 Å². The topological polar surface area (TPSA) is 21.4 Å². The fourth-order valence-electron chi connectivity index (χ4n) is 3.54. The molecule has 2 heterocycles. The summed E-state index contributed by atoms with van der Waals surface area (Å²) in [5.41, 5.74) is 4.74. The number of pyridine rings is 1. The van der Waals surface area contributed by atoms with E-state index in [0.717, 1.165) is 21.9 Å². The fourth-order valence-corrected chi connectivity index (χ4v) is 3.54. The Kier molecular flexibility index (Phi) is 3.03. The van der Waals surface area contributed by atoms with Gasteiger partial charge in [-0.25, -0.2) is 9.41 Å². The molecule has 3 nitrogen and oxygen atoms in total. The van der Waals surface area contributed by atoms with Crippen molar-refractivity contribution in [3.8, 4) is 11.3 Å². The van der Waals surface area contributed by atoms with Gasteiger partial charge in [-0.1, -0.05) is 32.0 Å². The molecule has 3 heteroatoms. The lowest BCUT2D eigenvalue weighted by Crippen LogP contribution is -2.31. The first-order valence-corrected chi connectivity index (χ1v) is 8.82. The first kappa shape index (κ1) is 13.1. The van der Waals surface area contributed by atoms with E-state index in [2.05, 4.69) is 4.85 Å². The molecular formula is C24H23N2O+. The van der Waals surface area contributed by atoms with E-state index in [1.165, 1.54) is 0 Å². The minimum absolute atomic E-state index is 0.0370. The van der Waals surface area contributed by atoms with Crippen LogP contribution in [-0.2, 0) is 7.05 Å². The van der Waals surface area contributed by atoms with E-state index in [9.17, 15) is 0 Å². The highest BCUT2D eigenvalue weighted by atomic mass is 16.3. The summed E-state index contributed by atoms with van der Waals surface area (Å²) in [4.78, 5) is 3.52. The highest BCUT2D eigenvalue weighted by molar-refractivity contribution is 6.11. The van der Waals surface area contributed by atoms with Crippen molar-refractivity contribution < 1.29 is 14.5 Å². The quantitative estimate of drug-likeness (QED) is 0.301.